The lowest BCUT2D eigenvalue weighted by Gasteiger charge is -2.35. The second-order valence-corrected chi connectivity index (χ2v) is 4.16. The molecule has 2 atom stereocenters. The lowest BCUT2D eigenvalue weighted by Crippen LogP contribution is -2.47. The van der Waals surface area contributed by atoms with Crippen LogP contribution in [0.3, 0.4) is 0 Å². The van der Waals surface area contributed by atoms with Crippen LogP contribution in [0.2, 0.25) is 0 Å². The number of carboxylic acids is 1. The number of carboxylic acid groups (broad SMARTS) is 1. The van der Waals surface area contributed by atoms with E-state index in [1.54, 1.807) is 13.0 Å². The Kier molecular flexibility index (Phi) is 4.92. The molecule has 5 heteroatoms. The van der Waals surface area contributed by atoms with E-state index in [2.05, 4.69) is 4.90 Å². The standard InChI is InChI=1S/C11H19NO4/c1-8(11(14)15)3-4-12-5-9(2)16-10(6-12)7-13/h3,9-10,13H,4-7H2,1-2H3,(H,14,15)/b8-3-. The van der Waals surface area contributed by atoms with Crippen LogP contribution in [0, 0.1) is 0 Å². The molecule has 0 radical (unpaired) electrons. The van der Waals surface area contributed by atoms with Gasteiger partial charge in [-0.3, -0.25) is 4.90 Å². The highest BCUT2D eigenvalue weighted by atomic mass is 16.5. The summed E-state index contributed by atoms with van der Waals surface area (Å²) in [5, 5.41) is 17.7. The van der Waals surface area contributed by atoms with E-state index in [0.717, 1.165) is 6.54 Å². The summed E-state index contributed by atoms with van der Waals surface area (Å²) in [6, 6.07) is 0. The number of carbonyl (C=O) groups is 1. The second-order valence-electron chi connectivity index (χ2n) is 4.16. The monoisotopic (exact) mass is 229 g/mol. The molecule has 0 aliphatic carbocycles. The van der Waals surface area contributed by atoms with Gasteiger partial charge in [0.1, 0.15) is 0 Å². The van der Waals surface area contributed by atoms with Gasteiger partial charge in [-0.15, -0.1) is 0 Å². The lowest BCUT2D eigenvalue weighted by molar-refractivity contribution is -0.132. The van der Waals surface area contributed by atoms with Gasteiger partial charge in [-0.05, 0) is 13.8 Å². The Morgan fingerprint density at radius 2 is 2.25 bits per heavy atom. The van der Waals surface area contributed by atoms with E-state index >= 15 is 0 Å². The van der Waals surface area contributed by atoms with Crippen LogP contribution < -0.4 is 0 Å². The first-order valence-corrected chi connectivity index (χ1v) is 5.41. The molecule has 0 bridgehead atoms. The number of nitrogens with zero attached hydrogens (tertiary/aromatic N) is 1. The van der Waals surface area contributed by atoms with Crippen LogP contribution in [0.25, 0.3) is 0 Å². The zero-order valence-electron chi connectivity index (χ0n) is 9.72. The molecule has 2 unspecified atom stereocenters. The van der Waals surface area contributed by atoms with Crippen LogP contribution in [0.5, 0.6) is 0 Å². The summed E-state index contributed by atoms with van der Waals surface area (Å²) < 4.78 is 5.49. The summed E-state index contributed by atoms with van der Waals surface area (Å²) in [4.78, 5) is 12.7. The van der Waals surface area contributed by atoms with Crippen LogP contribution in [-0.2, 0) is 9.53 Å². The first-order chi connectivity index (χ1) is 7.52. The molecule has 2 N–H and O–H groups in total. The van der Waals surface area contributed by atoms with Crippen molar-refractivity contribution in [2.24, 2.45) is 0 Å². The summed E-state index contributed by atoms with van der Waals surface area (Å²) >= 11 is 0. The van der Waals surface area contributed by atoms with Gasteiger partial charge in [0.15, 0.2) is 0 Å². The Hall–Kier alpha value is -0.910. The SMILES string of the molecule is C/C(=C/CN1CC(C)OC(CO)C1)C(=O)O. The fraction of sp³-hybridized carbons (Fsp3) is 0.727. The van der Waals surface area contributed by atoms with Crippen molar-refractivity contribution in [3.8, 4) is 0 Å². The van der Waals surface area contributed by atoms with E-state index in [9.17, 15) is 4.79 Å². The third-order valence-electron chi connectivity index (χ3n) is 2.60. The van der Waals surface area contributed by atoms with E-state index in [1.807, 2.05) is 6.92 Å². The van der Waals surface area contributed by atoms with Gasteiger partial charge >= 0.3 is 5.97 Å². The second kappa shape index (κ2) is 5.98. The topological polar surface area (TPSA) is 70.0 Å². The average molecular weight is 229 g/mol. The Bertz CT molecular complexity index is 277. The van der Waals surface area contributed by atoms with Crippen LogP contribution >= 0.6 is 0 Å². The number of aliphatic carboxylic acids is 1. The van der Waals surface area contributed by atoms with Crippen LogP contribution in [0.15, 0.2) is 11.6 Å². The molecule has 0 aromatic carbocycles. The largest absolute Gasteiger partial charge is 0.478 e. The molecule has 5 nitrogen and oxygen atoms in total. The minimum absolute atomic E-state index is 0.00245. The van der Waals surface area contributed by atoms with Crippen LogP contribution in [0.1, 0.15) is 13.8 Å². The number of rotatable bonds is 4. The lowest BCUT2D eigenvalue weighted by atomic mass is 10.2. The van der Waals surface area contributed by atoms with E-state index in [4.69, 9.17) is 14.9 Å². The Morgan fingerprint density at radius 3 is 2.81 bits per heavy atom. The van der Waals surface area contributed by atoms with Crippen molar-refractivity contribution in [1.82, 2.24) is 4.90 Å². The van der Waals surface area contributed by atoms with Gasteiger partial charge < -0.3 is 14.9 Å². The van der Waals surface area contributed by atoms with Crippen LogP contribution in [-0.4, -0.2) is 59.5 Å². The van der Waals surface area contributed by atoms with E-state index in [-0.39, 0.29) is 18.8 Å². The minimum Gasteiger partial charge on any atom is -0.478 e. The van der Waals surface area contributed by atoms with Crippen molar-refractivity contribution in [1.29, 1.82) is 0 Å². The quantitative estimate of drug-likeness (QED) is 0.669. The molecule has 1 fully saturated rings. The number of hydrogen-bond acceptors (Lipinski definition) is 4. The number of ether oxygens (including phenoxy) is 1. The van der Waals surface area contributed by atoms with E-state index in [1.165, 1.54) is 0 Å². The Balaban J connectivity index is 2.48. The van der Waals surface area contributed by atoms with Gasteiger partial charge in [0.05, 0.1) is 18.8 Å². The first-order valence-electron chi connectivity index (χ1n) is 5.41. The minimum atomic E-state index is -0.889. The van der Waals surface area contributed by atoms with Gasteiger partial charge in [0, 0.05) is 25.2 Å². The van der Waals surface area contributed by atoms with Crippen molar-refractivity contribution in [2.45, 2.75) is 26.1 Å². The van der Waals surface area contributed by atoms with Crippen molar-refractivity contribution in [3.05, 3.63) is 11.6 Å². The molecule has 1 aliphatic rings. The smallest absolute Gasteiger partial charge is 0.330 e. The molecule has 1 aliphatic heterocycles. The fourth-order valence-corrected chi connectivity index (χ4v) is 1.74. The highest BCUT2D eigenvalue weighted by Gasteiger charge is 2.23. The molecule has 0 spiro atoms. The first kappa shape index (κ1) is 13.2. The molecule has 1 rings (SSSR count). The molecule has 0 saturated carbocycles. The summed E-state index contributed by atoms with van der Waals surface area (Å²) in [6.07, 6.45) is 1.60. The third-order valence-corrected chi connectivity index (χ3v) is 2.60. The van der Waals surface area contributed by atoms with Crippen molar-refractivity contribution in [3.63, 3.8) is 0 Å². The highest BCUT2D eigenvalue weighted by Crippen LogP contribution is 2.10. The predicted molar refractivity (Wildman–Crippen MR) is 59.3 cm³/mol. The van der Waals surface area contributed by atoms with E-state index in [0.29, 0.717) is 18.7 Å². The van der Waals surface area contributed by atoms with Gasteiger partial charge in [-0.25, -0.2) is 4.79 Å². The Morgan fingerprint density at radius 1 is 1.56 bits per heavy atom. The molecule has 0 aromatic heterocycles. The molecule has 92 valence electrons. The van der Waals surface area contributed by atoms with Crippen molar-refractivity contribution in [2.75, 3.05) is 26.2 Å². The van der Waals surface area contributed by atoms with Crippen molar-refractivity contribution < 1.29 is 19.7 Å². The maximum Gasteiger partial charge on any atom is 0.330 e. The predicted octanol–water partition coefficient (Wildman–Crippen LogP) is 0.0989. The molecule has 16 heavy (non-hydrogen) atoms. The normalized spacial score (nSPS) is 28.1. The summed E-state index contributed by atoms with van der Waals surface area (Å²) in [6.45, 7) is 5.52. The Labute approximate surface area is 95.3 Å². The van der Waals surface area contributed by atoms with Gasteiger partial charge in [-0.2, -0.15) is 0 Å². The maximum absolute atomic E-state index is 10.6. The van der Waals surface area contributed by atoms with Crippen molar-refractivity contribution >= 4 is 5.97 Å². The molecule has 0 amide bonds. The zero-order chi connectivity index (χ0) is 12.1. The fourth-order valence-electron chi connectivity index (χ4n) is 1.74. The molecular weight excluding hydrogens is 210 g/mol. The van der Waals surface area contributed by atoms with E-state index < -0.39 is 5.97 Å². The van der Waals surface area contributed by atoms with Gasteiger partial charge in [0.25, 0.3) is 0 Å². The zero-order valence-corrected chi connectivity index (χ0v) is 9.72. The van der Waals surface area contributed by atoms with Gasteiger partial charge in [0.2, 0.25) is 0 Å². The molecule has 0 aromatic rings. The number of aliphatic hydroxyl groups is 1. The van der Waals surface area contributed by atoms with Gasteiger partial charge in [-0.1, -0.05) is 6.08 Å². The third kappa shape index (κ3) is 3.92. The summed E-state index contributed by atoms with van der Waals surface area (Å²) in [5.41, 5.74) is 0.347. The molecular formula is C11H19NO4. The summed E-state index contributed by atoms with van der Waals surface area (Å²) in [5.74, 6) is -0.889. The summed E-state index contributed by atoms with van der Waals surface area (Å²) in [7, 11) is 0. The molecule has 1 saturated heterocycles. The number of morpholine rings is 1. The molecule has 1 heterocycles. The van der Waals surface area contributed by atoms with Crippen LogP contribution in [0.4, 0.5) is 0 Å². The highest BCUT2D eigenvalue weighted by molar-refractivity contribution is 5.85. The maximum atomic E-state index is 10.6. The average Bonchev–Trinajstić information content (AvgIpc) is 2.24. The number of aliphatic hydroxyl groups excluding tert-OH is 1. The number of hydrogen-bond donors (Lipinski definition) is 2.